The van der Waals surface area contributed by atoms with Gasteiger partial charge in [0, 0.05) is 36.8 Å². The highest BCUT2D eigenvalue weighted by Crippen LogP contribution is 2.36. The second-order valence-corrected chi connectivity index (χ2v) is 11.8. The molecule has 2 amide bonds. The molecule has 0 aromatic heterocycles. The van der Waals surface area contributed by atoms with Gasteiger partial charge in [0.2, 0.25) is 11.8 Å². The fourth-order valence-corrected chi connectivity index (χ4v) is 5.87. The van der Waals surface area contributed by atoms with Crippen molar-refractivity contribution in [2.24, 2.45) is 5.41 Å². The number of likely N-dealkylation sites (tertiary alicyclic amines) is 1. The third kappa shape index (κ3) is 5.78. The van der Waals surface area contributed by atoms with Crippen molar-refractivity contribution >= 4 is 44.0 Å². The van der Waals surface area contributed by atoms with Crippen LogP contribution < -0.4 is 10.0 Å². The van der Waals surface area contributed by atoms with E-state index in [1.807, 2.05) is 35.2 Å². The molecule has 3 aromatic rings. The smallest absolute Gasteiger partial charge is 0.262 e. The second kappa shape index (κ2) is 10.5. The minimum atomic E-state index is -3.89. The van der Waals surface area contributed by atoms with Crippen LogP contribution in [0, 0.1) is 5.41 Å². The first-order valence-corrected chi connectivity index (χ1v) is 13.8. The first kappa shape index (κ1) is 26.6. The van der Waals surface area contributed by atoms with E-state index in [9.17, 15) is 23.1 Å². The molecule has 196 valence electrons. The Kier molecular flexibility index (Phi) is 7.57. The number of amides is 2. The molecular formula is C28H33N3O5S. The molecule has 4 rings (SSSR count). The van der Waals surface area contributed by atoms with Crippen molar-refractivity contribution in [2.45, 2.75) is 44.4 Å². The summed E-state index contributed by atoms with van der Waals surface area (Å²) in [6, 6.07) is 17.4. The van der Waals surface area contributed by atoms with Gasteiger partial charge >= 0.3 is 0 Å². The summed E-state index contributed by atoms with van der Waals surface area (Å²) in [6.07, 6.45) is 1.68. The molecule has 0 spiro atoms. The van der Waals surface area contributed by atoms with Gasteiger partial charge in [0.05, 0.1) is 16.9 Å². The summed E-state index contributed by atoms with van der Waals surface area (Å²) in [5.74, 6) is 0.00544. The van der Waals surface area contributed by atoms with Gasteiger partial charge in [0.1, 0.15) is 0 Å². The zero-order chi connectivity index (χ0) is 26.8. The Morgan fingerprint density at radius 2 is 1.54 bits per heavy atom. The van der Waals surface area contributed by atoms with Crippen LogP contribution >= 0.6 is 0 Å². The number of carbonyl (C=O) groups excluding carboxylic acids is 2. The minimum Gasteiger partial charge on any atom is -0.395 e. The highest BCUT2D eigenvalue weighted by atomic mass is 32.2. The largest absolute Gasteiger partial charge is 0.395 e. The topological polar surface area (TPSA) is 116 Å². The van der Waals surface area contributed by atoms with Crippen molar-refractivity contribution < 1.29 is 23.1 Å². The number of piperidine rings is 1. The number of sulfonamides is 1. The predicted octanol–water partition coefficient (Wildman–Crippen LogP) is 4.32. The lowest BCUT2D eigenvalue weighted by atomic mass is 9.86. The molecule has 1 aliphatic rings. The van der Waals surface area contributed by atoms with E-state index >= 15 is 0 Å². The Labute approximate surface area is 217 Å². The van der Waals surface area contributed by atoms with Crippen LogP contribution in [0.3, 0.4) is 0 Å². The van der Waals surface area contributed by atoms with E-state index < -0.39 is 15.4 Å². The summed E-state index contributed by atoms with van der Waals surface area (Å²) < 4.78 is 29.4. The van der Waals surface area contributed by atoms with Crippen LogP contribution in [0.4, 0.5) is 11.4 Å². The molecule has 1 heterocycles. The summed E-state index contributed by atoms with van der Waals surface area (Å²) in [5, 5.41) is 13.6. The number of anilines is 2. The van der Waals surface area contributed by atoms with Crippen molar-refractivity contribution in [2.75, 3.05) is 29.7 Å². The van der Waals surface area contributed by atoms with Gasteiger partial charge in [-0.15, -0.1) is 0 Å². The van der Waals surface area contributed by atoms with E-state index in [4.69, 9.17) is 0 Å². The van der Waals surface area contributed by atoms with Crippen LogP contribution in [-0.2, 0) is 19.6 Å². The molecule has 9 heteroatoms. The van der Waals surface area contributed by atoms with Gasteiger partial charge in [0.25, 0.3) is 10.0 Å². The number of nitrogens with zero attached hydrogens (tertiary/aromatic N) is 1. The first-order chi connectivity index (χ1) is 17.5. The fraction of sp³-hybridized carbons (Fsp3) is 0.357. The van der Waals surface area contributed by atoms with Crippen molar-refractivity contribution in [3.05, 3.63) is 66.2 Å². The Morgan fingerprint density at radius 3 is 2.14 bits per heavy atom. The number of benzene rings is 3. The standard InChI is InChI=1S/C28H33N3O5S/c1-19(33)31-16-14-20(15-17-31)23-12-13-26(25-7-5-4-6-24(23)25)37(35,36)30-22-10-8-21(9-11-22)29-27(34)28(2,3)18-32/h4-13,20,30,32H,14-18H2,1-3H3,(H,29,34). The van der Waals surface area contributed by atoms with E-state index in [-0.39, 0.29) is 29.2 Å². The maximum atomic E-state index is 13.4. The second-order valence-electron chi connectivity index (χ2n) is 10.2. The van der Waals surface area contributed by atoms with E-state index in [2.05, 4.69) is 10.0 Å². The molecular weight excluding hydrogens is 490 g/mol. The van der Waals surface area contributed by atoms with Crippen LogP contribution in [0.2, 0.25) is 0 Å². The summed E-state index contributed by atoms with van der Waals surface area (Å²) in [6.45, 7) is 5.96. The molecule has 0 bridgehead atoms. The molecule has 0 aliphatic carbocycles. The van der Waals surface area contributed by atoms with E-state index in [0.717, 1.165) is 23.8 Å². The summed E-state index contributed by atoms with van der Waals surface area (Å²) in [5.41, 5.74) is 1.03. The van der Waals surface area contributed by atoms with Crippen LogP contribution in [0.15, 0.2) is 65.6 Å². The molecule has 0 unspecified atom stereocenters. The number of rotatable bonds is 7. The van der Waals surface area contributed by atoms with Gasteiger partial charge in [-0.3, -0.25) is 14.3 Å². The zero-order valence-corrected chi connectivity index (χ0v) is 22.1. The number of hydrogen-bond donors (Lipinski definition) is 3. The zero-order valence-electron chi connectivity index (χ0n) is 21.3. The number of carbonyl (C=O) groups is 2. The lowest BCUT2D eigenvalue weighted by Gasteiger charge is -2.32. The van der Waals surface area contributed by atoms with Crippen LogP contribution in [-0.4, -0.2) is 49.9 Å². The van der Waals surface area contributed by atoms with Gasteiger partial charge in [-0.05, 0) is 73.9 Å². The predicted molar refractivity (Wildman–Crippen MR) is 145 cm³/mol. The number of fused-ring (bicyclic) bond motifs is 1. The minimum absolute atomic E-state index is 0.0836. The Balaban J connectivity index is 1.56. The highest BCUT2D eigenvalue weighted by Gasteiger charge is 2.27. The van der Waals surface area contributed by atoms with Gasteiger partial charge in [-0.1, -0.05) is 30.3 Å². The Hall–Kier alpha value is -3.43. The number of aliphatic hydroxyl groups is 1. The number of aliphatic hydroxyl groups excluding tert-OH is 1. The van der Waals surface area contributed by atoms with Crippen molar-refractivity contribution in [1.82, 2.24) is 4.90 Å². The number of nitrogens with one attached hydrogen (secondary N) is 2. The first-order valence-electron chi connectivity index (χ1n) is 12.3. The molecule has 3 N–H and O–H groups in total. The lowest BCUT2D eigenvalue weighted by Crippen LogP contribution is -2.36. The van der Waals surface area contributed by atoms with E-state index in [1.165, 1.54) is 0 Å². The fourth-order valence-electron chi connectivity index (χ4n) is 4.59. The maximum absolute atomic E-state index is 13.4. The van der Waals surface area contributed by atoms with Crippen LogP contribution in [0.1, 0.15) is 45.1 Å². The van der Waals surface area contributed by atoms with Gasteiger partial charge in [-0.2, -0.15) is 0 Å². The van der Waals surface area contributed by atoms with E-state index in [0.29, 0.717) is 29.9 Å². The van der Waals surface area contributed by atoms with Gasteiger partial charge in [-0.25, -0.2) is 8.42 Å². The van der Waals surface area contributed by atoms with Gasteiger partial charge < -0.3 is 15.3 Å². The molecule has 1 aliphatic heterocycles. The Bertz CT molecular complexity index is 1410. The summed E-state index contributed by atoms with van der Waals surface area (Å²) in [7, 11) is -3.89. The molecule has 0 atom stereocenters. The highest BCUT2D eigenvalue weighted by molar-refractivity contribution is 7.93. The van der Waals surface area contributed by atoms with Crippen LogP contribution in [0.25, 0.3) is 10.8 Å². The van der Waals surface area contributed by atoms with Crippen LogP contribution in [0.5, 0.6) is 0 Å². The molecule has 0 radical (unpaired) electrons. The molecule has 37 heavy (non-hydrogen) atoms. The summed E-state index contributed by atoms with van der Waals surface area (Å²) >= 11 is 0. The third-order valence-electron chi connectivity index (χ3n) is 6.99. The monoisotopic (exact) mass is 523 g/mol. The molecule has 3 aromatic carbocycles. The summed E-state index contributed by atoms with van der Waals surface area (Å²) in [4.78, 5) is 26.0. The molecule has 0 saturated carbocycles. The maximum Gasteiger partial charge on any atom is 0.262 e. The third-order valence-corrected chi connectivity index (χ3v) is 8.43. The Morgan fingerprint density at radius 1 is 0.946 bits per heavy atom. The molecule has 1 fully saturated rings. The van der Waals surface area contributed by atoms with Crippen molar-refractivity contribution in [3.63, 3.8) is 0 Å². The normalized spacial score (nSPS) is 15.0. The molecule has 1 saturated heterocycles. The lowest BCUT2D eigenvalue weighted by molar-refractivity contribution is -0.130. The quantitative estimate of drug-likeness (QED) is 0.427. The average Bonchev–Trinajstić information content (AvgIpc) is 2.89. The van der Waals surface area contributed by atoms with Gasteiger partial charge in [0.15, 0.2) is 0 Å². The van der Waals surface area contributed by atoms with E-state index in [1.54, 1.807) is 51.1 Å². The molecule has 8 nitrogen and oxygen atoms in total. The van der Waals surface area contributed by atoms with Crippen molar-refractivity contribution in [1.29, 1.82) is 0 Å². The van der Waals surface area contributed by atoms with Crippen molar-refractivity contribution in [3.8, 4) is 0 Å². The SMILES string of the molecule is CC(=O)N1CCC(c2ccc(S(=O)(=O)Nc3ccc(NC(=O)C(C)(C)CO)cc3)c3ccccc23)CC1. The average molecular weight is 524 g/mol. The number of hydrogen-bond acceptors (Lipinski definition) is 5.